The molecule has 0 radical (unpaired) electrons. The number of methoxy groups -OCH3 is 2. The molecule has 3 aromatic rings. The Bertz CT molecular complexity index is 1150. The minimum absolute atomic E-state index is 0.158. The van der Waals surface area contributed by atoms with Gasteiger partial charge in [-0.2, -0.15) is 0 Å². The molecule has 174 valence electrons. The largest absolute Gasteiger partial charge is 0.497 e. The van der Waals surface area contributed by atoms with Gasteiger partial charge in [-0.05, 0) is 60.9 Å². The van der Waals surface area contributed by atoms with Crippen LogP contribution in [-0.4, -0.2) is 51.7 Å². The predicted octanol–water partition coefficient (Wildman–Crippen LogP) is 3.96. The molecule has 0 aliphatic carbocycles. The number of pyridine rings is 1. The monoisotopic (exact) mass is 467 g/mol. The van der Waals surface area contributed by atoms with Crippen LogP contribution in [0.5, 0.6) is 11.5 Å². The molecule has 1 aliphatic heterocycles. The second kappa shape index (κ2) is 10.2. The zero-order valence-electron chi connectivity index (χ0n) is 18.9. The van der Waals surface area contributed by atoms with Crippen molar-refractivity contribution in [1.29, 1.82) is 0 Å². The topological polar surface area (TPSA) is 72.0 Å². The van der Waals surface area contributed by atoms with Crippen molar-refractivity contribution in [3.8, 4) is 11.5 Å². The summed E-state index contributed by atoms with van der Waals surface area (Å²) in [4.78, 5) is 6.78. The number of benzene rings is 2. The first-order valence-electron chi connectivity index (χ1n) is 10.9. The van der Waals surface area contributed by atoms with Gasteiger partial charge in [0.25, 0.3) is 10.0 Å². The summed E-state index contributed by atoms with van der Waals surface area (Å²) in [6.45, 7) is 2.42. The van der Waals surface area contributed by atoms with Crippen LogP contribution in [0.25, 0.3) is 0 Å². The molecule has 0 atom stereocenters. The summed E-state index contributed by atoms with van der Waals surface area (Å²) in [5.41, 5.74) is 1.77. The molecule has 2 aromatic carbocycles. The lowest BCUT2D eigenvalue weighted by atomic mass is 10.0. The maximum absolute atomic E-state index is 13.8. The van der Waals surface area contributed by atoms with Crippen LogP contribution < -0.4 is 13.8 Å². The molecule has 0 N–H and O–H groups in total. The average molecular weight is 468 g/mol. The third kappa shape index (κ3) is 5.29. The van der Waals surface area contributed by atoms with Gasteiger partial charge in [-0.1, -0.05) is 12.1 Å². The Morgan fingerprint density at radius 2 is 1.70 bits per heavy atom. The number of hydrogen-bond acceptors (Lipinski definition) is 6. The summed E-state index contributed by atoms with van der Waals surface area (Å²) >= 11 is 0. The van der Waals surface area contributed by atoms with E-state index in [0.29, 0.717) is 17.2 Å². The van der Waals surface area contributed by atoms with Gasteiger partial charge in [-0.25, -0.2) is 8.42 Å². The van der Waals surface area contributed by atoms with Crippen molar-refractivity contribution in [2.45, 2.75) is 30.3 Å². The highest BCUT2D eigenvalue weighted by Crippen LogP contribution is 2.33. The lowest BCUT2D eigenvalue weighted by Gasteiger charge is -2.39. The summed E-state index contributed by atoms with van der Waals surface area (Å²) in [7, 11) is -0.644. The normalized spacial score (nSPS) is 15.2. The highest BCUT2D eigenvalue weighted by Gasteiger charge is 2.34. The molecule has 1 fully saturated rings. The van der Waals surface area contributed by atoms with Crippen LogP contribution in [0.15, 0.2) is 78.0 Å². The Morgan fingerprint density at radius 3 is 2.33 bits per heavy atom. The number of rotatable bonds is 8. The van der Waals surface area contributed by atoms with Crippen molar-refractivity contribution in [3.05, 3.63) is 78.6 Å². The van der Waals surface area contributed by atoms with Crippen LogP contribution in [-0.2, 0) is 16.6 Å². The molecule has 1 aliphatic rings. The fourth-order valence-corrected chi connectivity index (χ4v) is 5.92. The van der Waals surface area contributed by atoms with E-state index in [9.17, 15) is 8.42 Å². The van der Waals surface area contributed by atoms with Crippen LogP contribution in [0.1, 0.15) is 18.4 Å². The van der Waals surface area contributed by atoms with E-state index < -0.39 is 10.0 Å². The molecule has 4 rings (SSSR count). The number of ether oxygens (including phenoxy) is 2. The molecule has 2 heterocycles. The molecule has 8 heteroatoms. The Hall–Kier alpha value is -3.10. The van der Waals surface area contributed by atoms with Crippen LogP contribution in [0.2, 0.25) is 0 Å². The van der Waals surface area contributed by atoms with Gasteiger partial charge in [0.05, 0.1) is 24.8 Å². The average Bonchev–Trinajstić information content (AvgIpc) is 2.86. The third-order valence-corrected chi connectivity index (χ3v) is 7.84. The van der Waals surface area contributed by atoms with E-state index in [2.05, 4.69) is 16.0 Å². The van der Waals surface area contributed by atoms with E-state index in [1.54, 1.807) is 55.1 Å². The van der Waals surface area contributed by atoms with Crippen LogP contribution in [0, 0.1) is 0 Å². The molecule has 33 heavy (non-hydrogen) atoms. The minimum Gasteiger partial charge on any atom is -0.497 e. The van der Waals surface area contributed by atoms with E-state index in [1.807, 2.05) is 30.5 Å². The maximum atomic E-state index is 13.8. The lowest BCUT2D eigenvalue weighted by Crippen LogP contribution is -2.47. The lowest BCUT2D eigenvalue weighted by molar-refractivity contribution is 0.206. The second-order valence-electron chi connectivity index (χ2n) is 8.05. The number of anilines is 1. The van der Waals surface area contributed by atoms with Crippen molar-refractivity contribution in [3.63, 3.8) is 0 Å². The molecule has 0 spiro atoms. The highest BCUT2D eigenvalue weighted by molar-refractivity contribution is 7.92. The highest BCUT2D eigenvalue weighted by atomic mass is 32.2. The first-order valence-corrected chi connectivity index (χ1v) is 12.4. The van der Waals surface area contributed by atoms with Crippen LogP contribution in [0.3, 0.4) is 0 Å². The Kier molecular flexibility index (Phi) is 7.15. The molecular formula is C25H29N3O4S. The Morgan fingerprint density at radius 1 is 0.970 bits per heavy atom. The van der Waals surface area contributed by atoms with Gasteiger partial charge in [0, 0.05) is 44.1 Å². The molecule has 1 aromatic heterocycles. The van der Waals surface area contributed by atoms with Crippen LogP contribution >= 0.6 is 0 Å². The molecule has 1 saturated heterocycles. The first-order chi connectivity index (χ1) is 16.0. The number of hydrogen-bond donors (Lipinski definition) is 0. The van der Waals surface area contributed by atoms with Crippen molar-refractivity contribution < 1.29 is 17.9 Å². The van der Waals surface area contributed by atoms with E-state index in [0.717, 1.165) is 38.0 Å². The van der Waals surface area contributed by atoms with E-state index in [1.165, 1.54) is 0 Å². The molecule has 0 saturated carbocycles. The number of likely N-dealkylation sites (tertiary alicyclic amines) is 1. The standard InChI is InChI=1S/C25H29N3O4S/c1-31-23-8-10-25(11-9-23)33(29,30)28(22-6-3-7-24(17-22)32-2)21-12-15-27(16-13-21)19-20-5-4-14-26-18-20/h3-11,14,17-18,21H,12-13,15-16,19H2,1-2H3. The number of sulfonamides is 1. The fraction of sp³-hybridized carbons (Fsp3) is 0.320. The van der Waals surface area contributed by atoms with E-state index >= 15 is 0 Å². The zero-order chi connectivity index (χ0) is 23.3. The van der Waals surface area contributed by atoms with Gasteiger partial charge in [-0.15, -0.1) is 0 Å². The number of piperidine rings is 1. The Labute approximate surface area is 195 Å². The molecule has 0 unspecified atom stereocenters. The molecule has 0 amide bonds. The number of aromatic nitrogens is 1. The summed E-state index contributed by atoms with van der Waals surface area (Å²) in [6, 6.07) is 17.6. The van der Waals surface area contributed by atoms with Crippen molar-refractivity contribution in [2.75, 3.05) is 31.6 Å². The maximum Gasteiger partial charge on any atom is 0.264 e. The summed E-state index contributed by atoms with van der Waals surface area (Å²) < 4.78 is 39.8. The van der Waals surface area contributed by atoms with Gasteiger partial charge < -0.3 is 9.47 Å². The van der Waals surface area contributed by atoms with Gasteiger partial charge in [0.1, 0.15) is 11.5 Å². The predicted molar refractivity (Wildman–Crippen MR) is 128 cm³/mol. The van der Waals surface area contributed by atoms with Crippen molar-refractivity contribution in [2.24, 2.45) is 0 Å². The number of nitrogens with zero attached hydrogens (tertiary/aromatic N) is 3. The fourth-order valence-electron chi connectivity index (χ4n) is 4.22. The molecule has 7 nitrogen and oxygen atoms in total. The van der Waals surface area contributed by atoms with E-state index in [4.69, 9.17) is 9.47 Å². The van der Waals surface area contributed by atoms with Crippen molar-refractivity contribution >= 4 is 15.7 Å². The third-order valence-electron chi connectivity index (χ3n) is 5.94. The van der Waals surface area contributed by atoms with Gasteiger partial charge >= 0.3 is 0 Å². The smallest absolute Gasteiger partial charge is 0.264 e. The summed E-state index contributed by atoms with van der Waals surface area (Å²) in [6.07, 6.45) is 5.11. The molecule has 0 bridgehead atoms. The van der Waals surface area contributed by atoms with Gasteiger partial charge in [0.2, 0.25) is 0 Å². The SMILES string of the molecule is COc1ccc(S(=O)(=O)N(c2cccc(OC)c2)C2CCN(Cc3cccnc3)CC2)cc1. The molecular weight excluding hydrogens is 438 g/mol. The first kappa shape index (κ1) is 23.1. The van der Waals surface area contributed by atoms with Gasteiger partial charge in [-0.3, -0.25) is 14.2 Å². The summed E-state index contributed by atoms with van der Waals surface area (Å²) in [5, 5.41) is 0. The minimum atomic E-state index is -3.79. The summed E-state index contributed by atoms with van der Waals surface area (Å²) in [5.74, 6) is 1.24. The van der Waals surface area contributed by atoms with Crippen molar-refractivity contribution in [1.82, 2.24) is 9.88 Å². The Balaban J connectivity index is 1.60. The quantitative estimate of drug-likeness (QED) is 0.499. The van der Waals surface area contributed by atoms with E-state index in [-0.39, 0.29) is 10.9 Å². The second-order valence-corrected chi connectivity index (χ2v) is 9.86. The van der Waals surface area contributed by atoms with Crippen LogP contribution in [0.4, 0.5) is 5.69 Å². The zero-order valence-corrected chi connectivity index (χ0v) is 19.7. The van der Waals surface area contributed by atoms with Gasteiger partial charge in [0.15, 0.2) is 0 Å².